The van der Waals surface area contributed by atoms with Crippen molar-refractivity contribution in [2.75, 3.05) is 16.6 Å². The Balaban J connectivity index is 1.28. The van der Waals surface area contributed by atoms with E-state index in [1.807, 2.05) is 0 Å². The highest BCUT2D eigenvalue weighted by molar-refractivity contribution is 7.00. The molecular weight excluding hydrogens is 816 g/mol. The summed E-state index contributed by atoms with van der Waals surface area (Å²) in [4.78, 5) is 5.12. The van der Waals surface area contributed by atoms with E-state index in [4.69, 9.17) is 9.47 Å². The zero-order valence-electron chi connectivity index (χ0n) is 42.5. The lowest BCUT2D eigenvalue weighted by Gasteiger charge is -2.45. The van der Waals surface area contributed by atoms with Gasteiger partial charge in [-0.15, -0.1) is 0 Å². The third kappa shape index (κ3) is 7.73. The lowest BCUT2D eigenvalue weighted by atomic mass is 9.33. The largest absolute Gasteiger partial charge is 0.454 e. The third-order valence-electron chi connectivity index (χ3n) is 14.5. The van der Waals surface area contributed by atoms with E-state index < -0.39 is 0 Å². The van der Waals surface area contributed by atoms with Crippen molar-refractivity contribution in [1.29, 1.82) is 0 Å². The average Bonchev–Trinajstić information content (AvgIpc) is 3.72. The molecule has 0 aliphatic carbocycles. The number of ether oxygens (including phenoxy) is 2. The van der Waals surface area contributed by atoms with Gasteiger partial charge in [-0.25, -0.2) is 0 Å². The summed E-state index contributed by atoms with van der Waals surface area (Å²) in [5.41, 5.74) is 24.7. The zero-order valence-corrected chi connectivity index (χ0v) is 42.5. The molecule has 67 heavy (non-hydrogen) atoms. The Morgan fingerprint density at radius 2 is 0.866 bits per heavy atom. The normalized spacial score (nSPS) is 14.3. The quantitative estimate of drug-likeness (QED) is 0.164. The van der Waals surface area contributed by atoms with Crippen molar-refractivity contribution >= 4 is 57.2 Å². The second-order valence-electron chi connectivity index (χ2n) is 23.7. The van der Waals surface area contributed by atoms with Gasteiger partial charge in [-0.05, 0) is 162 Å². The van der Waals surface area contributed by atoms with E-state index in [0.717, 1.165) is 22.9 Å². The van der Waals surface area contributed by atoms with Crippen LogP contribution in [-0.2, 0) is 21.7 Å². The van der Waals surface area contributed by atoms with Crippen molar-refractivity contribution in [1.82, 2.24) is 0 Å². The number of rotatable bonds is 4. The fraction of sp³-hybridized carbons (Fsp3) is 0.323. The Morgan fingerprint density at radius 1 is 0.403 bits per heavy atom. The lowest BCUT2D eigenvalue weighted by Crippen LogP contribution is -2.61. The van der Waals surface area contributed by atoms with Crippen LogP contribution in [0.4, 0.5) is 34.1 Å². The maximum absolute atomic E-state index is 6.22. The molecule has 3 aliphatic heterocycles. The Morgan fingerprint density at radius 3 is 1.37 bits per heavy atom. The number of hydrogen-bond donors (Lipinski definition) is 0. The molecule has 7 aromatic rings. The molecule has 3 aliphatic rings. The number of fused-ring (bicyclic) bond motifs is 5. The maximum Gasteiger partial charge on any atom is 0.252 e. The van der Waals surface area contributed by atoms with Gasteiger partial charge in [0.25, 0.3) is 6.71 Å². The van der Waals surface area contributed by atoms with Gasteiger partial charge < -0.3 is 19.3 Å². The van der Waals surface area contributed by atoms with Gasteiger partial charge >= 0.3 is 0 Å². The molecule has 0 spiro atoms. The summed E-state index contributed by atoms with van der Waals surface area (Å²) in [6, 6.07) is 47.1. The van der Waals surface area contributed by atoms with Gasteiger partial charge in [-0.3, -0.25) is 0 Å². The molecule has 0 unspecified atom stereocenters. The first kappa shape index (κ1) is 44.6. The van der Waals surface area contributed by atoms with Crippen LogP contribution in [0.25, 0.3) is 22.3 Å². The predicted octanol–water partition coefficient (Wildman–Crippen LogP) is 14.9. The molecule has 5 heteroatoms. The van der Waals surface area contributed by atoms with Crippen LogP contribution < -0.4 is 35.7 Å². The van der Waals surface area contributed by atoms with E-state index in [1.54, 1.807) is 0 Å². The van der Waals surface area contributed by atoms with Crippen molar-refractivity contribution in [3.05, 3.63) is 160 Å². The molecule has 340 valence electrons. The van der Waals surface area contributed by atoms with Gasteiger partial charge in [-0.2, -0.15) is 0 Å². The number of anilines is 6. The van der Waals surface area contributed by atoms with E-state index in [1.165, 1.54) is 100 Å². The van der Waals surface area contributed by atoms with E-state index in [-0.39, 0.29) is 35.2 Å². The smallest absolute Gasteiger partial charge is 0.252 e. The molecule has 0 fully saturated rings. The van der Waals surface area contributed by atoms with E-state index >= 15 is 0 Å². The van der Waals surface area contributed by atoms with Crippen LogP contribution in [-0.4, -0.2) is 13.5 Å². The summed E-state index contributed by atoms with van der Waals surface area (Å²) in [5, 5.41) is 0. The van der Waals surface area contributed by atoms with Gasteiger partial charge in [0.15, 0.2) is 11.5 Å². The van der Waals surface area contributed by atoms with E-state index in [2.05, 4.69) is 235 Å². The minimum absolute atomic E-state index is 0.0130. The molecule has 0 radical (unpaired) electrons. The van der Waals surface area contributed by atoms with Crippen LogP contribution in [0.3, 0.4) is 0 Å². The summed E-state index contributed by atoms with van der Waals surface area (Å²) in [5.74, 6) is 1.59. The summed E-state index contributed by atoms with van der Waals surface area (Å²) in [7, 11) is 0. The summed E-state index contributed by atoms with van der Waals surface area (Å²) in [6.45, 7) is 34.6. The molecule has 0 saturated heterocycles. The molecule has 0 bridgehead atoms. The molecule has 0 amide bonds. The molecule has 4 nitrogen and oxygen atoms in total. The second kappa shape index (κ2) is 15.4. The Kier molecular flexibility index (Phi) is 10.3. The van der Waals surface area contributed by atoms with Crippen molar-refractivity contribution in [3.63, 3.8) is 0 Å². The van der Waals surface area contributed by atoms with Crippen molar-refractivity contribution in [2.45, 2.75) is 126 Å². The van der Waals surface area contributed by atoms with Gasteiger partial charge in [-0.1, -0.05) is 156 Å². The monoisotopic (exact) mass is 883 g/mol. The molecule has 0 saturated carbocycles. The number of benzene rings is 7. The third-order valence-corrected chi connectivity index (χ3v) is 14.5. The number of nitrogens with zero attached hydrogens (tertiary/aromatic N) is 2. The molecule has 7 aromatic carbocycles. The zero-order chi connectivity index (χ0) is 47.7. The minimum Gasteiger partial charge on any atom is -0.454 e. The van der Waals surface area contributed by atoms with Crippen LogP contribution >= 0.6 is 0 Å². The van der Waals surface area contributed by atoms with E-state index in [0.29, 0.717) is 0 Å². The van der Waals surface area contributed by atoms with Gasteiger partial charge in [0.1, 0.15) is 0 Å². The Bertz CT molecular complexity index is 3020. The molecule has 0 N–H and O–H groups in total. The second-order valence-corrected chi connectivity index (χ2v) is 23.7. The first-order valence-electron chi connectivity index (χ1n) is 24.3. The topological polar surface area (TPSA) is 24.9 Å². The Labute approximate surface area is 401 Å². The average molecular weight is 883 g/mol. The number of hydrogen-bond acceptors (Lipinski definition) is 4. The van der Waals surface area contributed by atoms with Crippen molar-refractivity contribution in [3.8, 4) is 33.8 Å². The minimum atomic E-state index is -0.0663. The summed E-state index contributed by atoms with van der Waals surface area (Å²) in [6.07, 6.45) is 0. The standard InChI is InChI=1S/C62H67BN2O2/c1-37-26-53-57-54(27-37)65(58-38(2)28-47(29-39(58)3)62(13,14)15)52-35-56-55(66-36-67-56)34-50(52)63(57)49-33-46(61(10,11)12)24-25-51(49)64(53)48-31-42(40-16-20-44(21-17-40)59(4,5)6)30-43(32-48)41-18-22-45(23-19-41)60(7,8)9/h16-35H,36H2,1-15H3. The van der Waals surface area contributed by atoms with Crippen molar-refractivity contribution in [2.24, 2.45) is 0 Å². The van der Waals surface area contributed by atoms with Gasteiger partial charge in [0.2, 0.25) is 6.79 Å². The van der Waals surface area contributed by atoms with Crippen LogP contribution in [0.2, 0.25) is 0 Å². The molecule has 0 atom stereocenters. The highest BCUT2D eigenvalue weighted by Gasteiger charge is 2.45. The highest BCUT2D eigenvalue weighted by atomic mass is 16.7. The molecule has 0 aromatic heterocycles. The lowest BCUT2D eigenvalue weighted by molar-refractivity contribution is 0.174. The van der Waals surface area contributed by atoms with Crippen LogP contribution in [0, 0.1) is 20.8 Å². The fourth-order valence-corrected chi connectivity index (χ4v) is 10.7. The molecule has 3 heterocycles. The molecule has 10 rings (SSSR count). The SMILES string of the molecule is Cc1cc2c3c(c1)N(c1c(C)cc(C(C)(C)C)cc1C)c1cc4c(cc1B3c1cc(C(C)(C)C)ccc1N2c1cc(-c2ccc(C(C)(C)C)cc2)cc(-c2ccc(C(C)(C)C)cc2)c1)OCO4. The molecular formula is C62H67BN2O2. The van der Waals surface area contributed by atoms with Gasteiger partial charge in [0, 0.05) is 34.5 Å². The first-order chi connectivity index (χ1) is 31.5. The highest BCUT2D eigenvalue weighted by Crippen LogP contribution is 2.50. The summed E-state index contributed by atoms with van der Waals surface area (Å²) >= 11 is 0. The first-order valence-corrected chi connectivity index (χ1v) is 24.3. The predicted molar refractivity (Wildman–Crippen MR) is 286 cm³/mol. The van der Waals surface area contributed by atoms with Gasteiger partial charge in [0.05, 0.1) is 5.69 Å². The Hall–Kier alpha value is -6.20. The van der Waals surface area contributed by atoms with Crippen LogP contribution in [0.15, 0.2) is 121 Å². The fourth-order valence-electron chi connectivity index (χ4n) is 10.7. The maximum atomic E-state index is 6.22. The number of aryl methyl sites for hydroxylation is 3. The van der Waals surface area contributed by atoms with Crippen LogP contribution in [0.1, 0.15) is 122 Å². The summed E-state index contributed by atoms with van der Waals surface area (Å²) < 4.78 is 12.4. The van der Waals surface area contributed by atoms with Crippen molar-refractivity contribution < 1.29 is 9.47 Å². The van der Waals surface area contributed by atoms with E-state index in [9.17, 15) is 0 Å². The van der Waals surface area contributed by atoms with Crippen LogP contribution in [0.5, 0.6) is 11.5 Å².